The average molecular weight is 556 g/mol. The van der Waals surface area contributed by atoms with Crippen molar-refractivity contribution in [1.29, 1.82) is 0 Å². The van der Waals surface area contributed by atoms with Crippen LogP contribution in [0.3, 0.4) is 0 Å². The van der Waals surface area contributed by atoms with E-state index in [-0.39, 0.29) is 22.2 Å². The first-order valence-corrected chi connectivity index (χ1v) is 12.4. The molecule has 34 heavy (non-hydrogen) atoms. The van der Waals surface area contributed by atoms with Crippen LogP contribution in [0.1, 0.15) is 22.0 Å². The summed E-state index contributed by atoms with van der Waals surface area (Å²) in [6, 6.07) is 12.1. The molecule has 0 aliphatic carbocycles. The SMILES string of the molecule is Cc1cc(/C(O)=C2\C(=O)C(=O)N(c3nc4ccc([N+](=O)[O-])cc4s3)C2c2cccs2)ccc1Br. The maximum atomic E-state index is 13.2. The van der Waals surface area contributed by atoms with Gasteiger partial charge in [0, 0.05) is 27.0 Å². The van der Waals surface area contributed by atoms with Gasteiger partial charge >= 0.3 is 5.91 Å². The summed E-state index contributed by atoms with van der Waals surface area (Å²) in [6.07, 6.45) is 0. The minimum absolute atomic E-state index is 0.0283. The number of ketones is 1. The first-order chi connectivity index (χ1) is 16.3. The van der Waals surface area contributed by atoms with Crippen molar-refractivity contribution in [1.82, 2.24) is 4.98 Å². The number of nitro groups is 1. The number of carbonyl (C=O) groups is 2. The third-order valence-corrected chi connectivity index (χ3v) is 8.30. The van der Waals surface area contributed by atoms with E-state index in [0.717, 1.165) is 21.4 Å². The number of nitrogens with zero attached hydrogens (tertiary/aromatic N) is 3. The number of thiophene rings is 1. The Morgan fingerprint density at radius 1 is 1.21 bits per heavy atom. The number of anilines is 1. The average Bonchev–Trinajstić information content (AvgIpc) is 3.53. The van der Waals surface area contributed by atoms with E-state index in [1.165, 1.54) is 34.4 Å². The van der Waals surface area contributed by atoms with Crippen LogP contribution < -0.4 is 4.90 Å². The Labute approximate surface area is 209 Å². The summed E-state index contributed by atoms with van der Waals surface area (Å²) in [7, 11) is 0. The van der Waals surface area contributed by atoms with Crippen molar-refractivity contribution >= 4 is 77.1 Å². The number of halogens is 1. The number of thiazole rings is 1. The van der Waals surface area contributed by atoms with Crippen LogP contribution in [0.5, 0.6) is 0 Å². The molecular weight excluding hydrogens is 542 g/mol. The second kappa shape index (κ2) is 8.42. The van der Waals surface area contributed by atoms with Gasteiger partial charge in [-0.1, -0.05) is 39.4 Å². The monoisotopic (exact) mass is 555 g/mol. The highest BCUT2D eigenvalue weighted by molar-refractivity contribution is 9.10. The predicted molar refractivity (Wildman–Crippen MR) is 134 cm³/mol. The van der Waals surface area contributed by atoms with Gasteiger partial charge in [0.15, 0.2) is 5.13 Å². The molecule has 1 N–H and O–H groups in total. The van der Waals surface area contributed by atoms with Gasteiger partial charge in [-0.25, -0.2) is 4.98 Å². The van der Waals surface area contributed by atoms with Crippen LogP contribution in [-0.4, -0.2) is 26.7 Å². The number of amides is 1. The first kappa shape index (κ1) is 22.4. The van der Waals surface area contributed by atoms with E-state index in [9.17, 15) is 24.8 Å². The standard InChI is InChI=1S/C23H14BrN3O5S2/c1-11-9-12(4-6-14(11)24)20(28)18-19(16-3-2-8-33-16)26(22(30)21(18)29)23-25-15-7-5-13(27(31)32)10-17(15)34-23/h2-10,19,28H,1H3/b20-18+. The van der Waals surface area contributed by atoms with E-state index >= 15 is 0 Å². The summed E-state index contributed by atoms with van der Waals surface area (Å²) in [4.78, 5) is 43.5. The van der Waals surface area contributed by atoms with Gasteiger partial charge in [0.2, 0.25) is 0 Å². The molecule has 0 saturated carbocycles. The highest BCUT2D eigenvalue weighted by Crippen LogP contribution is 2.45. The maximum absolute atomic E-state index is 13.2. The van der Waals surface area contributed by atoms with Crippen LogP contribution in [-0.2, 0) is 9.59 Å². The molecule has 3 heterocycles. The smallest absolute Gasteiger partial charge is 0.301 e. The van der Waals surface area contributed by atoms with Gasteiger partial charge in [0.25, 0.3) is 11.5 Å². The van der Waals surface area contributed by atoms with Crippen molar-refractivity contribution in [2.45, 2.75) is 13.0 Å². The fraction of sp³-hybridized carbons (Fsp3) is 0.0870. The fourth-order valence-corrected chi connectivity index (χ4v) is 5.91. The van der Waals surface area contributed by atoms with Crippen LogP contribution >= 0.6 is 38.6 Å². The summed E-state index contributed by atoms with van der Waals surface area (Å²) in [5, 5.41) is 24.4. The molecule has 1 unspecified atom stereocenters. The zero-order valence-corrected chi connectivity index (χ0v) is 20.6. The van der Waals surface area contributed by atoms with Crippen LogP contribution in [0, 0.1) is 17.0 Å². The number of hydrogen-bond acceptors (Lipinski definition) is 8. The van der Waals surface area contributed by atoms with E-state index < -0.39 is 22.7 Å². The molecule has 2 aromatic carbocycles. The van der Waals surface area contributed by atoms with Crippen LogP contribution in [0.4, 0.5) is 10.8 Å². The molecule has 1 aliphatic heterocycles. The molecule has 5 rings (SSSR count). The van der Waals surface area contributed by atoms with Gasteiger partial charge in [-0.05, 0) is 42.1 Å². The Hall–Kier alpha value is -3.41. The van der Waals surface area contributed by atoms with Crippen molar-refractivity contribution in [3.63, 3.8) is 0 Å². The van der Waals surface area contributed by atoms with Gasteiger partial charge in [0.1, 0.15) is 11.8 Å². The summed E-state index contributed by atoms with van der Waals surface area (Å²) in [5.41, 5.74) is 1.63. The molecule has 0 radical (unpaired) electrons. The molecule has 0 spiro atoms. The molecule has 1 atom stereocenters. The lowest BCUT2D eigenvalue weighted by Crippen LogP contribution is -2.28. The number of aliphatic hydroxyl groups is 1. The summed E-state index contributed by atoms with van der Waals surface area (Å²) in [5.74, 6) is -1.91. The lowest BCUT2D eigenvalue weighted by atomic mass is 9.99. The van der Waals surface area contributed by atoms with Gasteiger partial charge < -0.3 is 5.11 Å². The zero-order valence-electron chi connectivity index (χ0n) is 17.4. The zero-order chi connectivity index (χ0) is 24.1. The Balaban J connectivity index is 1.69. The molecule has 4 aromatic rings. The molecule has 1 amide bonds. The number of carbonyl (C=O) groups excluding carboxylic acids is 2. The van der Waals surface area contributed by atoms with Crippen LogP contribution in [0.15, 0.2) is 64.0 Å². The topological polar surface area (TPSA) is 114 Å². The van der Waals surface area contributed by atoms with E-state index in [1.807, 2.05) is 12.3 Å². The van der Waals surface area contributed by atoms with Crippen molar-refractivity contribution < 1.29 is 19.6 Å². The number of rotatable bonds is 4. The Morgan fingerprint density at radius 3 is 2.68 bits per heavy atom. The third kappa shape index (κ3) is 3.61. The van der Waals surface area contributed by atoms with Crippen molar-refractivity contribution in [2.75, 3.05) is 4.90 Å². The van der Waals surface area contributed by atoms with Crippen molar-refractivity contribution in [3.05, 3.63) is 90.1 Å². The molecule has 11 heteroatoms. The molecule has 0 bridgehead atoms. The van der Waals surface area contributed by atoms with Crippen LogP contribution in [0.25, 0.3) is 16.0 Å². The minimum atomic E-state index is -0.875. The molecule has 170 valence electrons. The van der Waals surface area contributed by atoms with Gasteiger partial charge in [-0.15, -0.1) is 11.3 Å². The minimum Gasteiger partial charge on any atom is -0.507 e. The second-order valence-corrected chi connectivity index (χ2v) is 10.4. The predicted octanol–water partition coefficient (Wildman–Crippen LogP) is 5.96. The van der Waals surface area contributed by atoms with Crippen LogP contribution in [0.2, 0.25) is 0 Å². The highest BCUT2D eigenvalue weighted by Gasteiger charge is 2.48. The Bertz CT molecular complexity index is 1530. The van der Waals surface area contributed by atoms with Gasteiger partial charge in [-0.2, -0.15) is 0 Å². The summed E-state index contributed by atoms with van der Waals surface area (Å²) < 4.78 is 1.36. The van der Waals surface area contributed by atoms with E-state index in [2.05, 4.69) is 20.9 Å². The van der Waals surface area contributed by atoms with E-state index in [1.54, 1.807) is 30.3 Å². The molecule has 2 aromatic heterocycles. The molecular formula is C23H14BrN3O5S2. The van der Waals surface area contributed by atoms with Gasteiger partial charge in [0.05, 0.1) is 20.7 Å². The lowest BCUT2D eigenvalue weighted by molar-refractivity contribution is -0.384. The fourth-order valence-electron chi connectivity index (χ4n) is 3.81. The highest BCUT2D eigenvalue weighted by atomic mass is 79.9. The summed E-state index contributed by atoms with van der Waals surface area (Å²) in [6.45, 7) is 1.86. The molecule has 1 aliphatic rings. The number of aryl methyl sites for hydroxylation is 1. The number of Topliss-reactive ketones (excluding diaryl/α,β-unsaturated/α-hetero) is 1. The van der Waals surface area contributed by atoms with E-state index in [0.29, 0.717) is 20.7 Å². The number of nitro benzene ring substituents is 1. The first-order valence-electron chi connectivity index (χ1n) is 9.92. The third-order valence-electron chi connectivity index (χ3n) is 5.47. The van der Waals surface area contributed by atoms with Crippen molar-refractivity contribution in [2.24, 2.45) is 0 Å². The maximum Gasteiger partial charge on any atom is 0.301 e. The number of hydrogen-bond donors (Lipinski definition) is 1. The van der Waals surface area contributed by atoms with Gasteiger partial charge in [-0.3, -0.25) is 24.6 Å². The number of fused-ring (bicyclic) bond motifs is 1. The number of non-ortho nitro benzene ring substituents is 1. The largest absolute Gasteiger partial charge is 0.507 e. The molecule has 8 nitrogen and oxygen atoms in total. The second-order valence-electron chi connectivity index (χ2n) is 7.55. The number of aromatic nitrogens is 1. The quantitative estimate of drug-likeness (QED) is 0.109. The van der Waals surface area contributed by atoms with Crippen molar-refractivity contribution in [3.8, 4) is 0 Å². The van der Waals surface area contributed by atoms with E-state index in [4.69, 9.17) is 0 Å². The summed E-state index contributed by atoms with van der Waals surface area (Å²) >= 11 is 5.85. The normalized spacial score (nSPS) is 17.6. The Kier molecular flexibility index (Phi) is 5.54. The molecule has 1 fully saturated rings. The number of benzene rings is 2. The number of aliphatic hydroxyl groups excluding tert-OH is 1. The lowest BCUT2D eigenvalue weighted by Gasteiger charge is -2.21. The Morgan fingerprint density at radius 2 is 2.00 bits per heavy atom. The molecule has 1 saturated heterocycles.